The Labute approximate surface area is 121 Å². The fourth-order valence-corrected chi connectivity index (χ4v) is 1.95. The highest BCUT2D eigenvalue weighted by Crippen LogP contribution is 2.11. The summed E-state index contributed by atoms with van der Waals surface area (Å²) in [4.78, 5) is 11.8. The number of carbonyl (C=O) groups excluding carboxylic acids is 1. The molecule has 21 heavy (non-hydrogen) atoms. The Hall–Kier alpha value is -2.27. The van der Waals surface area contributed by atoms with Crippen LogP contribution < -0.4 is 11.1 Å². The van der Waals surface area contributed by atoms with E-state index in [4.69, 9.17) is 5.73 Å². The van der Waals surface area contributed by atoms with Gasteiger partial charge in [0.05, 0.1) is 5.56 Å². The summed E-state index contributed by atoms with van der Waals surface area (Å²) >= 11 is 0. The van der Waals surface area contributed by atoms with Gasteiger partial charge in [-0.1, -0.05) is 30.3 Å². The van der Waals surface area contributed by atoms with Crippen LogP contribution >= 0.6 is 0 Å². The lowest BCUT2D eigenvalue weighted by Gasteiger charge is -2.07. The first-order chi connectivity index (χ1) is 10.1. The van der Waals surface area contributed by atoms with Gasteiger partial charge >= 0.3 is 0 Å². The summed E-state index contributed by atoms with van der Waals surface area (Å²) in [5.74, 6) is -2.81. The molecule has 0 fully saturated rings. The van der Waals surface area contributed by atoms with E-state index < -0.39 is 17.5 Å². The highest BCUT2D eigenvalue weighted by atomic mass is 19.2. The van der Waals surface area contributed by atoms with Gasteiger partial charge < -0.3 is 11.1 Å². The third kappa shape index (κ3) is 3.86. The summed E-state index contributed by atoms with van der Waals surface area (Å²) in [5.41, 5.74) is 7.16. The molecule has 0 unspecified atom stereocenters. The summed E-state index contributed by atoms with van der Waals surface area (Å²) in [6.07, 6.45) is 0.793. The first-order valence-corrected chi connectivity index (χ1v) is 6.62. The van der Waals surface area contributed by atoms with Crippen molar-refractivity contribution in [1.29, 1.82) is 0 Å². The maximum absolute atomic E-state index is 13.5. The quantitative estimate of drug-likeness (QED) is 0.888. The number of nitrogens with one attached hydrogen (secondary N) is 1. The first kappa shape index (κ1) is 15.1. The van der Waals surface area contributed by atoms with Gasteiger partial charge in [0.25, 0.3) is 5.91 Å². The second-order valence-electron chi connectivity index (χ2n) is 4.64. The Bertz CT molecular complexity index is 627. The Morgan fingerprint density at radius 2 is 1.71 bits per heavy atom. The fraction of sp³-hybridized carbons (Fsp3) is 0.188. The number of nitrogens with two attached hydrogens (primary N) is 1. The number of amides is 1. The van der Waals surface area contributed by atoms with Crippen LogP contribution in [0.5, 0.6) is 0 Å². The topological polar surface area (TPSA) is 55.1 Å². The van der Waals surface area contributed by atoms with Crippen LogP contribution in [0.15, 0.2) is 42.5 Å². The van der Waals surface area contributed by atoms with E-state index in [0.29, 0.717) is 6.54 Å². The third-order valence-corrected chi connectivity index (χ3v) is 3.11. The van der Waals surface area contributed by atoms with E-state index in [1.165, 1.54) is 12.1 Å². The fourth-order valence-electron chi connectivity index (χ4n) is 1.95. The summed E-state index contributed by atoms with van der Waals surface area (Å²) in [5, 5.41) is 2.56. The molecule has 0 saturated carbocycles. The molecule has 0 spiro atoms. The van der Waals surface area contributed by atoms with Gasteiger partial charge in [0.2, 0.25) is 0 Å². The minimum absolute atomic E-state index is 0.248. The largest absolute Gasteiger partial charge is 0.348 e. The van der Waals surface area contributed by atoms with E-state index in [0.717, 1.165) is 23.6 Å². The molecule has 0 heterocycles. The maximum Gasteiger partial charge on any atom is 0.254 e. The van der Waals surface area contributed by atoms with E-state index in [1.54, 1.807) is 0 Å². The molecule has 0 aromatic heterocycles. The van der Waals surface area contributed by atoms with Crippen molar-refractivity contribution in [3.8, 4) is 0 Å². The monoisotopic (exact) mass is 290 g/mol. The molecule has 0 aliphatic rings. The smallest absolute Gasteiger partial charge is 0.254 e. The average Bonchev–Trinajstić information content (AvgIpc) is 2.49. The van der Waals surface area contributed by atoms with Gasteiger partial charge in [0.15, 0.2) is 11.6 Å². The molecule has 0 radical (unpaired) electrons. The van der Waals surface area contributed by atoms with Crippen molar-refractivity contribution < 1.29 is 13.6 Å². The van der Waals surface area contributed by atoms with Crippen LogP contribution in [0.3, 0.4) is 0 Å². The minimum Gasteiger partial charge on any atom is -0.348 e. The Morgan fingerprint density at radius 3 is 2.38 bits per heavy atom. The van der Waals surface area contributed by atoms with Crippen molar-refractivity contribution >= 4 is 5.91 Å². The van der Waals surface area contributed by atoms with Crippen molar-refractivity contribution in [3.05, 3.63) is 70.8 Å². The van der Waals surface area contributed by atoms with Gasteiger partial charge in [-0.15, -0.1) is 0 Å². The summed E-state index contributed by atoms with van der Waals surface area (Å²) in [7, 11) is 0. The molecule has 0 aliphatic heterocycles. The molecule has 110 valence electrons. The minimum atomic E-state index is -1.13. The van der Waals surface area contributed by atoms with Gasteiger partial charge in [0.1, 0.15) is 0 Å². The SMILES string of the molecule is NCCc1ccc(CNC(=O)c2cccc(F)c2F)cc1. The van der Waals surface area contributed by atoms with Crippen molar-refractivity contribution in [2.75, 3.05) is 6.54 Å². The molecule has 1 amide bonds. The van der Waals surface area contributed by atoms with E-state index in [-0.39, 0.29) is 12.1 Å². The summed E-state index contributed by atoms with van der Waals surface area (Å²) < 4.78 is 26.5. The van der Waals surface area contributed by atoms with E-state index in [9.17, 15) is 13.6 Å². The molecule has 2 aromatic rings. The van der Waals surface area contributed by atoms with Crippen LogP contribution in [-0.4, -0.2) is 12.5 Å². The second-order valence-corrected chi connectivity index (χ2v) is 4.64. The van der Waals surface area contributed by atoms with Crippen LogP contribution in [0.25, 0.3) is 0 Å². The molecule has 0 bridgehead atoms. The van der Waals surface area contributed by atoms with E-state index in [1.807, 2.05) is 24.3 Å². The molecular formula is C16H16F2N2O. The van der Waals surface area contributed by atoms with E-state index in [2.05, 4.69) is 5.32 Å². The first-order valence-electron chi connectivity index (χ1n) is 6.62. The molecule has 5 heteroatoms. The van der Waals surface area contributed by atoms with Crippen molar-refractivity contribution in [1.82, 2.24) is 5.32 Å². The molecule has 0 atom stereocenters. The molecule has 3 nitrogen and oxygen atoms in total. The number of hydrogen-bond donors (Lipinski definition) is 2. The molecule has 3 N–H and O–H groups in total. The van der Waals surface area contributed by atoms with Crippen LogP contribution in [0, 0.1) is 11.6 Å². The highest BCUT2D eigenvalue weighted by molar-refractivity contribution is 5.94. The van der Waals surface area contributed by atoms with E-state index >= 15 is 0 Å². The Kier molecular flexibility index (Phi) is 5.00. The normalized spacial score (nSPS) is 10.4. The lowest BCUT2D eigenvalue weighted by Crippen LogP contribution is -2.24. The molecule has 2 rings (SSSR count). The predicted octanol–water partition coefficient (Wildman–Crippen LogP) is 2.40. The standard InChI is InChI=1S/C16H16F2N2O/c17-14-3-1-2-13(15(14)18)16(21)20-10-12-6-4-11(5-7-12)8-9-19/h1-7H,8-10,19H2,(H,20,21). The van der Waals surface area contributed by atoms with Crippen molar-refractivity contribution in [2.24, 2.45) is 5.73 Å². The average molecular weight is 290 g/mol. The maximum atomic E-state index is 13.5. The van der Waals surface area contributed by atoms with Gasteiger partial charge in [-0.2, -0.15) is 0 Å². The Balaban J connectivity index is 1.99. The zero-order chi connectivity index (χ0) is 15.2. The molecule has 0 aliphatic carbocycles. The van der Waals surface area contributed by atoms with Crippen molar-refractivity contribution in [2.45, 2.75) is 13.0 Å². The second kappa shape index (κ2) is 6.95. The van der Waals surface area contributed by atoms with Crippen LogP contribution in [0.2, 0.25) is 0 Å². The number of carbonyl (C=O) groups is 1. The van der Waals surface area contributed by atoms with Gasteiger partial charge in [0, 0.05) is 6.54 Å². The summed E-state index contributed by atoms with van der Waals surface area (Å²) in [6.45, 7) is 0.826. The van der Waals surface area contributed by atoms with Gasteiger partial charge in [-0.25, -0.2) is 8.78 Å². The number of benzene rings is 2. The number of hydrogen-bond acceptors (Lipinski definition) is 2. The van der Waals surface area contributed by atoms with Gasteiger partial charge in [-0.05, 0) is 36.2 Å². The molecule has 2 aromatic carbocycles. The summed E-state index contributed by atoms with van der Waals surface area (Å²) in [6, 6.07) is 11.1. The lowest BCUT2D eigenvalue weighted by molar-refractivity contribution is 0.0946. The number of halogens is 2. The number of rotatable bonds is 5. The highest BCUT2D eigenvalue weighted by Gasteiger charge is 2.14. The van der Waals surface area contributed by atoms with Gasteiger partial charge in [-0.3, -0.25) is 4.79 Å². The molecule has 0 saturated heterocycles. The zero-order valence-electron chi connectivity index (χ0n) is 11.4. The zero-order valence-corrected chi connectivity index (χ0v) is 11.4. The predicted molar refractivity (Wildman–Crippen MR) is 76.7 cm³/mol. The Morgan fingerprint density at radius 1 is 1.05 bits per heavy atom. The molecular weight excluding hydrogens is 274 g/mol. The van der Waals surface area contributed by atoms with Crippen LogP contribution in [0.1, 0.15) is 21.5 Å². The van der Waals surface area contributed by atoms with Crippen LogP contribution in [0.4, 0.5) is 8.78 Å². The van der Waals surface area contributed by atoms with Crippen LogP contribution in [-0.2, 0) is 13.0 Å². The van der Waals surface area contributed by atoms with Crippen molar-refractivity contribution in [3.63, 3.8) is 0 Å². The lowest BCUT2D eigenvalue weighted by atomic mass is 10.1. The third-order valence-electron chi connectivity index (χ3n) is 3.11.